The van der Waals surface area contributed by atoms with E-state index < -0.39 is 0 Å². The van der Waals surface area contributed by atoms with Crippen molar-refractivity contribution in [3.05, 3.63) is 23.3 Å². The minimum absolute atomic E-state index is 0.616. The van der Waals surface area contributed by atoms with Crippen LogP contribution in [0, 0.1) is 5.92 Å². The van der Waals surface area contributed by atoms with E-state index in [0.717, 1.165) is 26.0 Å². The summed E-state index contributed by atoms with van der Waals surface area (Å²) in [6.07, 6.45) is 10.6. The van der Waals surface area contributed by atoms with Crippen molar-refractivity contribution in [2.24, 2.45) is 5.92 Å². The molecule has 0 amide bonds. The predicted octanol–water partition coefficient (Wildman–Crippen LogP) is 4.67. The van der Waals surface area contributed by atoms with E-state index in [0.29, 0.717) is 5.92 Å². The van der Waals surface area contributed by atoms with Crippen LogP contribution in [0.3, 0.4) is 0 Å². The van der Waals surface area contributed by atoms with E-state index in [1.165, 1.54) is 24.8 Å². The number of methoxy groups -OCH3 is 1. The molecule has 0 aromatic carbocycles. The monoisotopic (exact) mass is 281 g/mol. The van der Waals surface area contributed by atoms with Crippen LogP contribution >= 0.6 is 0 Å². The second-order valence-electron chi connectivity index (χ2n) is 5.73. The standard InChI is InChI=1S/C18H35NO/c1-7-16(8-2)12-10-11-13-18(15-20-6)17(9-3)14-19(4)5/h12-13,17H,7-11,14-15H2,1-6H3/b18-13-. The van der Waals surface area contributed by atoms with Crippen molar-refractivity contribution in [1.29, 1.82) is 0 Å². The summed E-state index contributed by atoms with van der Waals surface area (Å²) in [5.41, 5.74) is 3.04. The first kappa shape index (κ1) is 19.4. The van der Waals surface area contributed by atoms with Gasteiger partial charge in [0.2, 0.25) is 0 Å². The lowest BCUT2D eigenvalue weighted by Gasteiger charge is -2.22. The number of unbranched alkanes of at least 4 members (excludes halogenated alkanes) is 1. The predicted molar refractivity (Wildman–Crippen MR) is 90.2 cm³/mol. The van der Waals surface area contributed by atoms with Crippen LogP contribution in [-0.2, 0) is 4.74 Å². The molecule has 0 fully saturated rings. The lowest BCUT2D eigenvalue weighted by Crippen LogP contribution is -2.24. The number of ether oxygens (including phenoxy) is 1. The quantitative estimate of drug-likeness (QED) is 0.403. The molecule has 0 saturated carbocycles. The van der Waals surface area contributed by atoms with Crippen LogP contribution < -0.4 is 0 Å². The molecule has 0 aromatic heterocycles. The average molecular weight is 281 g/mol. The SMILES string of the molecule is CCC(=CCC/C=C(/COC)C(CC)CN(C)C)CC. The van der Waals surface area contributed by atoms with E-state index in [2.05, 4.69) is 51.9 Å². The molecule has 2 heteroatoms. The Labute approximate surface area is 126 Å². The second kappa shape index (κ2) is 12.2. The molecule has 118 valence electrons. The van der Waals surface area contributed by atoms with Crippen molar-refractivity contribution < 1.29 is 4.74 Å². The van der Waals surface area contributed by atoms with Crippen molar-refractivity contribution in [2.75, 3.05) is 34.4 Å². The normalized spacial score (nSPS) is 13.7. The molecule has 0 aliphatic rings. The smallest absolute Gasteiger partial charge is 0.0676 e. The number of allylic oxidation sites excluding steroid dienone is 3. The van der Waals surface area contributed by atoms with Crippen LogP contribution in [0.4, 0.5) is 0 Å². The van der Waals surface area contributed by atoms with Gasteiger partial charge in [-0.3, -0.25) is 0 Å². The molecule has 0 heterocycles. The Bertz CT molecular complexity index is 286. The molecule has 0 radical (unpaired) electrons. The fraction of sp³-hybridized carbons (Fsp3) is 0.778. The van der Waals surface area contributed by atoms with Gasteiger partial charge >= 0.3 is 0 Å². The highest BCUT2D eigenvalue weighted by atomic mass is 16.5. The Morgan fingerprint density at radius 1 is 1.05 bits per heavy atom. The maximum atomic E-state index is 5.39. The minimum Gasteiger partial charge on any atom is -0.380 e. The molecule has 1 unspecified atom stereocenters. The summed E-state index contributed by atoms with van der Waals surface area (Å²) in [5, 5.41) is 0. The molecule has 1 atom stereocenters. The van der Waals surface area contributed by atoms with E-state index in [-0.39, 0.29) is 0 Å². The van der Waals surface area contributed by atoms with Crippen LogP contribution in [0.2, 0.25) is 0 Å². The highest BCUT2D eigenvalue weighted by molar-refractivity contribution is 5.09. The molecule has 0 bridgehead atoms. The van der Waals surface area contributed by atoms with Crippen LogP contribution in [0.25, 0.3) is 0 Å². The Hall–Kier alpha value is -0.600. The van der Waals surface area contributed by atoms with Crippen LogP contribution in [0.1, 0.15) is 52.9 Å². The Morgan fingerprint density at radius 2 is 1.65 bits per heavy atom. The third kappa shape index (κ3) is 8.55. The first-order valence-corrected chi connectivity index (χ1v) is 8.09. The zero-order valence-electron chi connectivity index (χ0n) is 14.5. The second-order valence-corrected chi connectivity index (χ2v) is 5.73. The van der Waals surface area contributed by atoms with Crippen molar-refractivity contribution in [3.8, 4) is 0 Å². The molecular formula is C18H35NO. The summed E-state index contributed by atoms with van der Waals surface area (Å²) in [5.74, 6) is 0.616. The summed E-state index contributed by atoms with van der Waals surface area (Å²) in [6.45, 7) is 8.63. The summed E-state index contributed by atoms with van der Waals surface area (Å²) in [6, 6.07) is 0. The Kier molecular flexibility index (Phi) is 11.8. The van der Waals surface area contributed by atoms with Gasteiger partial charge in [-0.1, -0.05) is 38.5 Å². The van der Waals surface area contributed by atoms with Gasteiger partial charge in [0.15, 0.2) is 0 Å². The van der Waals surface area contributed by atoms with Crippen LogP contribution in [0.15, 0.2) is 23.3 Å². The Morgan fingerprint density at radius 3 is 2.10 bits per heavy atom. The maximum Gasteiger partial charge on any atom is 0.0676 e. The van der Waals surface area contributed by atoms with Crippen LogP contribution in [-0.4, -0.2) is 39.3 Å². The van der Waals surface area contributed by atoms with E-state index in [9.17, 15) is 0 Å². The lowest BCUT2D eigenvalue weighted by atomic mass is 9.94. The summed E-state index contributed by atoms with van der Waals surface area (Å²) >= 11 is 0. The third-order valence-electron chi connectivity index (χ3n) is 3.83. The van der Waals surface area contributed by atoms with Gasteiger partial charge in [0.05, 0.1) is 6.61 Å². The van der Waals surface area contributed by atoms with Gasteiger partial charge in [-0.2, -0.15) is 0 Å². The average Bonchev–Trinajstić information content (AvgIpc) is 2.43. The molecule has 0 saturated heterocycles. The van der Waals surface area contributed by atoms with Crippen molar-refractivity contribution >= 4 is 0 Å². The molecular weight excluding hydrogens is 246 g/mol. The molecule has 20 heavy (non-hydrogen) atoms. The van der Waals surface area contributed by atoms with Gasteiger partial charge < -0.3 is 9.64 Å². The van der Waals surface area contributed by atoms with Crippen molar-refractivity contribution in [3.63, 3.8) is 0 Å². The summed E-state index contributed by atoms with van der Waals surface area (Å²) in [7, 11) is 6.08. The number of nitrogens with zero attached hydrogens (tertiary/aromatic N) is 1. The van der Waals surface area contributed by atoms with E-state index in [1.54, 1.807) is 12.7 Å². The van der Waals surface area contributed by atoms with Crippen molar-refractivity contribution in [1.82, 2.24) is 4.90 Å². The summed E-state index contributed by atoms with van der Waals surface area (Å²) in [4.78, 5) is 2.27. The first-order chi connectivity index (χ1) is 9.58. The number of hydrogen-bond donors (Lipinski definition) is 0. The van der Waals surface area contributed by atoms with E-state index in [1.807, 2.05) is 0 Å². The summed E-state index contributed by atoms with van der Waals surface area (Å²) < 4.78 is 5.39. The highest BCUT2D eigenvalue weighted by Gasteiger charge is 2.12. The van der Waals surface area contributed by atoms with Gasteiger partial charge in [-0.05, 0) is 57.7 Å². The van der Waals surface area contributed by atoms with E-state index >= 15 is 0 Å². The van der Waals surface area contributed by atoms with Gasteiger partial charge in [0.25, 0.3) is 0 Å². The number of hydrogen-bond acceptors (Lipinski definition) is 2. The highest BCUT2D eigenvalue weighted by Crippen LogP contribution is 2.18. The molecule has 2 nitrogen and oxygen atoms in total. The molecule has 0 aromatic rings. The zero-order chi connectivity index (χ0) is 15.4. The Balaban J connectivity index is 4.55. The number of rotatable bonds is 11. The van der Waals surface area contributed by atoms with E-state index in [4.69, 9.17) is 4.74 Å². The molecule has 0 N–H and O–H groups in total. The fourth-order valence-electron chi connectivity index (χ4n) is 2.55. The van der Waals surface area contributed by atoms with Gasteiger partial charge in [-0.15, -0.1) is 0 Å². The third-order valence-corrected chi connectivity index (χ3v) is 3.83. The van der Waals surface area contributed by atoms with Crippen LogP contribution in [0.5, 0.6) is 0 Å². The largest absolute Gasteiger partial charge is 0.380 e. The lowest BCUT2D eigenvalue weighted by molar-refractivity contribution is 0.208. The molecule has 0 rings (SSSR count). The fourth-order valence-corrected chi connectivity index (χ4v) is 2.55. The zero-order valence-corrected chi connectivity index (χ0v) is 14.5. The molecule has 0 aliphatic heterocycles. The van der Waals surface area contributed by atoms with Gasteiger partial charge in [0.1, 0.15) is 0 Å². The maximum absolute atomic E-state index is 5.39. The van der Waals surface area contributed by atoms with Gasteiger partial charge in [-0.25, -0.2) is 0 Å². The molecule has 0 spiro atoms. The van der Waals surface area contributed by atoms with Gasteiger partial charge in [0, 0.05) is 13.7 Å². The first-order valence-electron chi connectivity index (χ1n) is 8.09. The topological polar surface area (TPSA) is 12.5 Å². The van der Waals surface area contributed by atoms with Crippen molar-refractivity contribution in [2.45, 2.75) is 52.9 Å². The molecule has 0 aliphatic carbocycles. The minimum atomic E-state index is 0.616.